The van der Waals surface area contributed by atoms with Crippen LogP contribution in [0, 0.1) is 10.8 Å². The van der Waals surface area contributed by atoms with Gasteiger partial charge in [0.15, 0.2) is 0 Å². The summed E-state index contributed by atoms with van der Waals surface area (Å²) in [5, 5.41) is 43.6. The number of carbonyl (C=O) groups is 2. The standard InChI is InChI=1S/C50H95N3O6/c1-5-9-13-17-19-25-34-49(47(56)57,32-23-15-11-7-3)36-27-21-30-45(54)42-53(40-29-39-52-41-38-51-44-52)43-46(55)31-22-28-37-50(48(58)59,33-24-16-12-8-4)35-26-20-18-14-10-6-2/h38,41,44-46,54-55H,5-37,39-40,42-43H2,1-4H3,(H,56,57)(H,58,59). The summed E-state index contributed by atoms with van der Waals surface area (Å²) in [6.45, 7) is 11.3. The molecule has 0 radical (unpaired) electrons. The zero-order chi connectivity index (χ0) is 43.5. The number of aliphatic carboxylic acids is 2. The fourth-order valence-corrected chi connectivity index (χ4v) is 9.28. The summed E-state index contributed by atoms with van der Waals surface area (Å²) in [5.74, 6) is -1.28. The number of unbranched alkanes of at least 4 members (excludes halogenated alkanes) is 18. The van der Waals surface area contributed by atoms with Gasteiger partial charge in [0.25, 0.3) is 0 Å². The number of aryl methyl sites for hydroxylation is 1. The van der Waals surface area contributed by atoms with E-state index in [0.717, 1.165) is 148 Å². The first-order valence-electron chi connectivity index (χ1n) is 25.1. The Morgan fingerprint density at radius 3 is 1.20 bits per heavy atom. The predicted molar refractivity (Wildman–Crippen MR) is 246 cm³/mol. The van der Waals surface area contributed by atoms with Crippen LogP contribution in [0.15, 0.2) is 18.7 Å². The average molecular weight is 834 g/mol. The summed E-state index contributed by atoms with van der Waals surface area (Å²) < 4.78 is 2.05. The lowest BCUT2D eigenvalue weighted by molar-refractivity contribution is -0.151. The molecule has 346 valence electrons. The highest BCUT2D eigenvalue weighted by Gasteiger charge is 2.38. The second kappa shape index (κ2) is 35.6. The molecule has 4 N–H and O–H groups in total. The van der Waals surface area contributed by atoms with E-state index >= 15 is 0 Å². The number of aliphatic hydroxyl groups is 2. The lowest BCUT2D eigenvalue weighted by atomic mass is 9.74. The summed E-state index contributed by atoms with van der Waals surface area (Å²) in [6.07, 6.45) is 36.6. The van der Waals surface area contributed by atoms with Crippen molar-refractivity contribution in [3.63, 3.8) is 0 Å². The minimum atomic E-state index is -0.666. The van der Waals surface area contributed by atoms with Gasteiger partial charge in [-0.1, -0.05) is 182 Å². The van der Waals surface area contributed by atoms with E-state index in [2.05, 4.69) is 42.1 Å². The molecule has 1 aromatic heterocycles. The number of aliphatic hydroxyl groups excluding tert-OH is 2. The lowest BCUT2D eigenvalue weighted by Gasteiger charge is -2.31. The van der Waals surface area contributed by atoms with Gasteiger partial charge in [-0.05, 0) is 57.8 Å². The fourth-order valence-electron chi connectivity index (χ4n) is 9.28. The molecular weight excluding hydrogens is 739 g/mol. The highest BCUT2D eigenvalue weighted by Crippen LogP contribution is 2.39. The SMILES string of the molecule is CCCCCCCCC(CCCCCC)(CCCCC(O)CN(CCCn1ccnc1)CC(O)CCCCC(CCCCCC)(CCCCCCCC)C(=O)O)C(=O)O. The molecule has 9 nitrogen and oxygen atoms in total. The highest BCUT2D eigenvalue weighted by molar-refractivity contribution is 5.75. The van der Waals surface area contributed by atoms with E-state index in [0.29, 0.717) is 38.8 Å². The van der Waals surface area contributed by atoms with Crippen molar-refractivity contribution in [3.8, 4) is 0 Å². The molecule has 0 aliphatic heterocycles. The van der Waals surface area contributed by atoms with Gasteiger partial charge in [-0.25, -0.2) is 4.98 Å². The molecule has 1 heterocycles. The lowest BCUT2D eigenvalue weighted by Crippen LogP contribution is -2.39. The smallest absolute Gasteiger partial charge is 0.309 e. The van der Waals surface area contributed by atoms with Gasteiger partial charge >= 0.3 is 11.9 Å². The van der Waals surface area contributed by atoms with E-state index in [9.17, 15) is 30.0 Å². The van der Waals surface area contributed by atoms with Crippen LogP contribution < -0.4 is 0 Å². The molecule has 59 heavy (non-hydrogen) atoms. The van der Waals surface area contributed by atoms with Crippen LogP contribution in [0.25, 0.3) is 0 Å². The zero-order valence-electron chi connectivity index (χ0n) is 39.0. The molecule has 4 unspecified atom stereocenters. The van der Waals surface area contributed by atoms with Crippen LogP contribution in [0.2, 0.25) is 0 Å². The molecule has 0 saturated heterocycles. The van der Waals surface area contributed by atoms with Gasteiger partial charge in [0.05, 0.1) is 29.4 Å². The van der Waals surface area contributed by atoms with Gasteiger partial charge in [0.1, 0.15) is 0 Å². The molecule has 0 bridgehead atoms. The van der Waals surface area contributed by atoms with Gasteiger partial charge in [-0.3, -0.25) is 14.5 Å². The first kappa shape index (κ1) is 55.0. The number of hydrogen-bond acceptors (Lipinski definition) is 6. The normalized spacial score (nSPS) is 15.0. The summed E-state index contributed by atoms with van der Waals surface area (Å²) in [4.78, 5) is 32.0. The van der Waals surface area contributed by atoms with Crippen LogP contribution in [-0.4, -0.2) is 78.7 Å². The topological polar surface area (TPSA) is 136 Å². The maximum atomic E-state index is 12.8. The molecule has 0 aromatic carbocycles. The van der Waals surface area contributed by atoms with Gasteiger partial charge < -0.3 is 25.0 Å². The molecule has 1 aromatic rings. The molecule has 0 aliphatic rings. The van der Waals surface area contributed by atoms with Crippen LogP contribution in [-0.2, 0) is 16.1 Å². The molecule has 0 aliphatic carbocycles. The van der Waals surface area contributed by atoms with Crippen molar-refractivity contribution in [2.75, 3.05) is 19.6 Å². The van der Waals surface area contributed by atoms with Crippen molar-refractivity contribution < 1.29 is 30.0 Å². The van der Waals surface area contributed by atoms with Crippen molar-refractivity contribution in [1.82, 2.24) is 14.5 Å². The van der Waals surface area contributed by atoms with Gasteiger partial charge in [-0.2, -0.15) is 0 Å². The van der Waals surface area contributed by atoms with Crippen molar-refractivity contribution in [2.24, 2.45) is 10.8 Å². The van der Waals surface area contributed by atoms with Crippen LogP contribution in [0.4, 0.5) is 0 Å². The molecule has 1 rings (SSSR count). The third kappa shape index (κ3) is 26.2. The molecule has 0 spiro atoms. The Morgan fingerprint density at radius 1 is 0.525 bits per heavy atom. The maximum Gasteiger partial charge on any atom is 0.309 e. The third-order valence-electron chi connectivity index (χ3n) is 13.2. The average Bonchev–Trinajstić information content (AvgIpc) is 3.74. The summed E-state index contributed by atoms with van der Waals surface area (Å²) in [5.41, 5.74) is -1.33. The number of carboxylic acid groups (broad SMARTS) is 2. The molecule has 0 fully saturated rings. The van der Waals surface area contributed by atoms with E-state index in [-0.39, 0.29) is 0 Å². The van der Waals surface area contributed by atoms with Crippen molar-refractivity contribution >= 4 is 11.9 Å². The Kier molecular flexibility index (Phi) is 33.2. The molecule has 0 amide bonds. The minimum absolute atomic E-state index is 0.470. The Balaban J connectivity index is 2.80. The Morgan fingerprint density at radius 2 is 0.864 bits per heavy atom. The van der Waals surface area contributed by atoms with Crippen LogP contribution in [0.3, 0.4) is 0 Å². The van der Waals surface area contributed by atoms with Gasteiger partial charge in [0.2, 0.25) is 0 Å². The number of carboxylic acids is 2. The Bertz CT molecular complexity index is 1050. The van der Waals surface area contributed by atoms with E-state index in [1.54, 1.807) is 6.20 Å². The second-order valence-electron chi connectivity index (χ2n) is 18.5. The molecule has 4 atom stereocenters. The van der Waals surface area contributed by atoms with E-state index in [4.69, 9.17) is 0 Å². The maximum absolute atomic E-state index is 12.8. The predicted octanol–water partition coefficient (Wildman–Crippen LogP) is 13.0. The van der Waals surface area contributed by atoms with Crippen molar-refractivity contribution in [2.45, 2.75) is 258 Å². The minimum Gasteiger partial charge on any atom is -0.481 e. The first-order chi connectivity index (χ1) is 28.6. The van der Waals surface area contributed by atoms with Gasteiger partial charge in [0, 0.05) is 38.6 Å². The third-order valence-corrected chi connectivity index (χ3v) is 13.2. The molecular formula is C50H95N3O6. The van der Waals surface area contributed by atoms with Crippen LogP contribution in [0.5, 0.6) is 0 Å². The Labute approximate surface area is 362 Å². The fraction of sp³-hybridized carbons (Fsp3) is 0.900. The van der Waals surface area contributed by atoms with Crippen molar-refractivity contribution in [3.05, 3.63) is 18.7 Å². The van der Waals surface area contributed by atoms with E-state index in [1.807, 2.05) is 12.5 Å². The van der Waals surface area contributed by atoms with Crippen molar-refractivity contribution in [1.29, 1.82) is 0 Å². The summed E-state index contributed by atoms with van der Waals surface area (Å²) in [7, 11) is 0. The monoisotopic (exact) mass is 834 g/mol. The zero-order valence-corrected chi connectivity index (χ0v) is 39.0. The molecule has 9 heteroatoms. The van der Waals surface area contributed by atoms with Crippen LogP contribution >= 0.6 is 0 Å². The number of nitrogens with zero attached hydrogens (tertiary/aromatic N) is 3. The van der Waals surface area contributed by atoms with Gasteiger partial charge in [-0.15, -0.1) is 0 Å². The number of hydrogen-bond donors (Lipinski definition) is 4. The van der Waals surface area contributed by atoms with E-state index < -0.39 is 35.0 Å². The summed E-state index contributed by atoms with van der Waals surface area (Å²) >= 11 is 0. The highest BCUT2D eigenvalue weighted by atomic mass is 16.4. The molecule has 0 saturated carbocycles. The second-order valence-corrected chi connectivity index (χ2v) is 18.5. The summed E-state index contributed by atoms with van der Waals surface area (Å²) in [6, 6.07) is 0. The van der Waals surface area contributed by atoms with E-state index in [1.165, 1.54) is 51.4 Å². The van der Waals surface area contributed by atoms with Crippen LogP contribution in [0.1, 0.15) is 240 Å². The number of imidazole rings is 1. The number of aromatic nitrogens is 2. The first-order valence-corrected chi connectivity index (χ1v) is 25.1. The number of rotatable bonds is 44. The Hall–Kier alpha value is -1.97. The largest absolute Gasteiger partial charge is 0.481 e. The quantitative estimate of drug-likeness (QED) is 0.0477.